The number of amides is 1. The predicted octanol–water partition coefficient (Wildman–Crippen LogP) is 2.07. The summed E-state index contributed by atoms with van der Waals surface area (Å²) in [6, 6.07) is 0. The molecule has 0 atom stereocenters. The van der Waals surface area contributed by atoms with Crippen molar-refractivity contribution in [1.82, 2.24) is 5.43 Å². The van der Waals surface area contributed by atoms with Gasteiger partial charge < -0.3 is 4.74 Å². The van der Waals surface area contributed by atoms with Crippen molar-refractivity contribution in [2.75, 3.05) is 6.61 Å². The molecule has 0 aliphatic heterocycles. The lowest BCUT2D eigenvalue weighted by molar-refractivity contribution is 0.152. The fourth-order valence-corrected chi connectivity index (χ4v) is 0.620. The summed E-state index contributed by atoms with van der Waals surface area (Å²) < 4.78 is 4.58. The van der Waals surface area contributed by atoms with E-state index >= 15 is 0 Å². The maximum absolute atomic E-state index is 10.7. The van der Waals surface area contributed by atoms with Crippen LogP contribution in [0, 0.1) is 0 Å². The second-order valence-electron chi connectivity index (χ2n) is 2.33. The molecule has 0 saturated carbocycles. The SMILES string of the molecule is CCC/C=C\C=N\NC(=O)OCC. The number of hydrogen-bond acceptors (Lipinski definition) is 3. The van der Waals surface area contributed by atoms with Gasteiger partial charge in [0, 0.05) is 6.21 Å². The third-order valence-corrected chi connectivity index (χ3v) is 1.18. The van der Waals surface area contributed by atoms with E-state index in [0.717, 1.165) is 12.8 Å². The normalized spacial score (nSPS) is 10.9. The summed E-state index contributed by atoms with van der Waals surface area (Å²) in [7, 11) is 0. The van der Waals surface area contributed by atoms with Crippen LogP contribution in [-0.4, -0.2) is 18.9 Å². The molecule has 0 aromatic heterocycles. The van der Waals surface area contributed by atoms with E-state index in [1.54, 1.807) is 13.0 Å². The number of ether oxygens (including phenoxy) is 1. The van der Waals surface area contributed by atoms with Gasteiger partial charge in [-0.2, -0.15) is 5.10 Å². The molecule has 0 fully saturated rings. The molecule has 74 valence electrons. The molecule has 0 unspecified atom stereocenters. The summed E-state index contributed by atoms with van der Waals surface area (Å²) in [5.41, 5.74) is 2.22. The minimum Gasteiger partial charge on any atom is -0.449 e. The van der Waals surface area contributed by atoms with E-state index in [4.69, 9.17) is 0 Å². The van der Waals surface area contributed by atoms with Gasteiger partial charge in [-0.1, -0.05) is 19.4 Å². The summed E-state index contributed by atoms with van der Waals surface area (Å²) in [5.74, 6) is 0. The van der Waals surface area contributed by atoms with Crippen molar-refractivity contribution in [3.05, 3.63) is 12.2 Å². The highest BCUT2D eigenvalue weighted by atomic mass is 16.5. The van der Waals surface area contributed by atoms with Gasteiger partial charge in [0.15, 0.2) is 0 Å². The van der Waals surface area contributed by atoms with Crippen LogP contribution >= 0.6 is 0 Å². The Hall–Kier alpha value is -1.32. The fourth-order valence-electron chi connectivity index (χ4n) is 0.620. The average Bonchev–Trinajstić information content (AvgIpc) is 2.11. The second-order valence-corrected chi connectivity index (χ2v) is 2.33. The van der Waals surface area contributed by atoms with Gasteiger partial charge >= 0.3 is 6.09 Å². The number of carbonyl (C=O) groups is 1. The molecule has 0 aliphatic rings. The van der Waals surface area contributed by atoms with Crippen LogP contribution in [0.3, 0.4) is 0 Å². The first-order chi connectivity index (χ1) is 6.31. The van der Waals surface area contributed by atoms with Crippen molar-refractivity contribution in [2.45, 2.75) is 26.7 Å². The van der Waals surface area contributed by atoms with E-state index in [0.29, 0.717) is 6.61 Å². The zero-order chi connectivity index (χ0) is 9.94. The van der Waals surface area contributed by atoms with E-state index < -0.39 is 6.09 Å². The molecule has 4 nitrogen and oxygen atoms in total. The number of carbonyl (C=O) groups excluding carboxylic acids is 1. The fraction of sp³-hybridized carbons (Fsp3) is 0.556. The first kappa shape index (κ1) is 11.7. The summed E-state index contributed by atoms with van der Waals surface area (Å²) >= 11 is 0. The third-order valence-electron chi connectivity index (χ3n) is 1.18. The smallest absolute Gasteiger partial charge is 0.427 e. The Balaban J connectivity index is 3.45. The molecular weight excluding hydrogens is 168 g/mol. The zero-order valence-electron chi connectivity index (χ0n) is 8.12. The molecule has 0 heterocycles. The van der Waals surface area contributed by atoms with Crippen LogP contribution < -0.4 is 5.43 Å². The Bertz CT molecular complexity index is 188. The number of nitrogens with zero attached hydrogens (tertiary/aromatic N) is 1. The molecule has 0 radical (unpaired) electrons. The van der Waals surface area contributed by atoms with E-state index in [9.17, 15) is 4.79 Å². The molecule has 4 heteroatoms. The Kier molecular flexibility index (Phi) is 7.88. The lowest BCUT2D eigenvalue weighted by Crippen LogP contribution is -2.18. The van der Waals surface area contributed by atoms with E-state index in [2.05, 4.69) is 22.2 Å². The molecule has 1 amide bonds. The lowest BCUT2D eigenvalue weighted by atomic mass is 10.3. The quantitative estimate of drug-likeness (QED) is 0.525. The van der Waals surface area contributed by atoms with Gasteiger partial charge in [-0.3, -0.25) is 0 Å². The van der Waals surface area contributed by atoms with Gasteiger partial charge in [0.2, 0.25) is 0 Å². The highest BCUT2D eigenvalue weighted by molar-refractivity contribution is 5.74. The number of rotatable bonds is 5. The standard InChI is InChI=1S/C9H16N2O2/c1-3-5-6-7-8-10-11-9(12)13-4-2/h6-8H,3-5H2,1-2H3,(H,11,12)/b7-6-,10-8+. The van der Waals surface area contributed by atoms with Gasteiger partial charge in [-0.05, 0) is 19.4 Å². The highest BCUT2D eigenvalue weighted by Gasteiger charge is 1.93. The molecule has 0 rings (SSSR count). The molecule has 1 N–H and O–H groups in total. The molecule has 0 aromatic rings. The van der Waals surface area contributed by atoms with Crippen molar-refractivity contribution in [2.24, 2.45) is 5.10 Å². The first-order valence-corrected chi connectivity index (χ1v) is 4.42. The lowest BCUT2D eigenvalue weighted by Gasteiger charge is -1.97. The molecule has 0 spiro atoms. The van der Waals surface area contributed by atoms with Crippen LogP contribution in [0.1, 0.15) is 26.7 Å². The van der Waals surface area contributed by atoms with Gasteiger partial charge in [-0.15, -0.1) is 0 Å². The molecule has 0 bridgehead atoms. The number of hydrogen-bond donors (Lipinski definition) is 1. The largest absolute Gasteiger partial charge is 0.449 e. The summed E-state index contributed by atoms with van der Waals surface area (Å²) in [5, 5.41) is 3.63. The van der Waals surface area contributed by atoms with Gasteiger partial charge in [0.25, 0.3) is 0 Å². The zero-order valence-corrected chi connectivity index (χ0v) is 8.12. The maximum Gasteiger partial charge on any atom is 0.427 e. The van der Waals surface area contributed by atoms with Crippen molar-refractivity contribution in [3.8, 4) is 0 Å². The van der Waals surface area contributed by atoms with Crippen molar-refractivity contribution >= 4 is 12.3 Å². The Morgan fingerprint density at radius 1 is 1.54 bits per heavy atom. The summed E-state index contributed by atoms with van der Waals surface area (Å²) in [6.07, 6.45) is 6.89. The predicted molar refractivity (Wildman–Crippen MR) is 52.7 cm³/mol. The van der Waals surface area contributed by atoms with Crippen molar-refractivity contribution in [3.63, 3.8) is 0 Å². The maximum atomic E-state index is 10.7. The van der Waals surface area contributed by atoms with Crippen LogP contribution in [0.4, 0.5) is 4.79 Å². The van der Waals surface area contributed by atoms with E-state index in [-0.39, 0.29) is 0 Å². The van der Waals surface area contributed by atoms with Gasteiger partial charge in [0.05, 0.1) is 6.61 Å². The van der Waals surface area contributed by atoms with Crippen molar-refractivity contribution < 1.29 is 9.53 Å². The number of hydrazone groups is 1. The number of unbranched alkanes of at least 4 members (excludes halogenated alkanes) is 1. The van der Waals surface area contributed by atoms with Crippen LogP contribution in [0.2, 0.25) is 0 Å². The van der Waals surface area contributed by atoms with E-state index in [1.165, 1.54) is 6.21 Å². The highest BCUT2D eigenvalue weighted by Crippen LogP contribution is 1.85. The molecular formula is C9H16N2O2. The van der Waals surface area contributed by atoms with E-state index in [1.807, 2.05) is 6.08 Å². The second kappa shape index (κ2) is 8.77. The molecule has 0 aliphatic carbocycles. The van der Waals surface area contributed by atoms with Gasteiger partial charge in [-0.25, -0.2) is 10.2 Å². The minimum absolute atomic E-state index is 0.354. The molecule has 0 saturated heterocycles. The number of nitrogens with one attached hydrogen (secondary N) is 1. The Morgan fingerprint density at radius 3 is 2.92 bits per heavy atom. The van der Waals surface area contributed by atoms with Crippen LogP contribution in [0.5, 0.6) is 0 Å². The van der Waals surface area contributed by atoms with Crippen molar-refractivity contribution in [1.29, 1.82) is 0 Å². The molecule has 0 aromatic carbocycles. The monoisotopic (exact) mass is 184 g/mol. The first-order valence-electron chi connectivity index (χ1n) is 4.42. The average molecular weight is 184 g/mol. The number of allylic oxidation sites excluding steroid dienone is 2. The summed E-state index contributed by atoms with van der Waals surface area (Å²) in [4.78, 5) is 10.7. The van der Waals surface area contributed by atoms with Crippen LogP contribution in [0.25, 0.3) is 0 Å². The van der Waals surface area contributed by atoms with Gasteiger partial charge in [0.1, 0.15) is 0 Å². The Morgan fingerprint density at radius 2 is 2.31 bits per heavy atom. The van der Waals surface area contributed by atoms with Crippen LogP contribution in [-0.2, 0) is 4.74 Å². The van der Waals surface area contributed by atoms with Crippen LogP contribution in [0.15, 0.2) is 17.3 Å². The topological polar surface area (TPSA) is 50.7 Å². The molecule has 13 heavy (non-hydrogen) atoms. The third kappa shape index (κ3) is 8.59. The summed E-state index contributed by atoms with van der Waals surface area (Å²) in [6.45, 7) is 4.19. The minimum atomic E-state index is -0.525. The Labute approximate surface area is 78.7 Å².